The van der Waals surface area contributed by atoms with Gasteiger partial charge in [0.25, 0.3) is 0 Å². The monoisotopic (exact) mass is 181 g/mol. The molecule has 0 unspecified atom stereocenters. The summed E-state index contributed by atoms with van der Waals surface area (Å²) in [6.45, 7) is 0. The second kappa shape index (κ2) is 7.32. The molecule has 0 aliphatic heterocycles. The van der Waals surface area contributed by atoms with E-state index in [1.54, 1.807) is 0 Å². The molecule has 1 aromatic carbocycles. The van der Waals surface area contributed by atoms with Crippen molar-refractivity contribution < 1.29 is 32.7 Å². The first-order chi connectivity index (χ1) is 3.00. The first-order valence-corrected chi connectivity index (χ1v) is 1.91. The summed E-state index contributed by atoms with van der Waals surface area (Å²) in [5, 5.41) is 0. The van der Waals surface area contributed by atoms with Gasteiger partial charge < -0.3 is 7.43 Å². The minimum absolute atomic E-state index is 0. The van der Waals surface area contributed by atoms with Gasteiger partial charge in [-0.1, -0.05) is 0 Å². The van der Waals surface area contributed by atoms with Crippen LogP contribution in [0.4, 0.5) is 0 Å². The Labute approximate surface area is 76.2 Å². The van der Waals surface area contributed by atoms with Gasteiger partial charge in [-0.2, -0.15) is 36.4 Å². The van der Waals surface area contributed by atoms with E-state index in [9.17, 15) is 0 Å². The molecule has 1 rings (SSSR count). The van der Waals surface area contributed by atoms with E-state index in [0.29, 0.717) is 0 Å². The maximum atomic E-state index is 2.89. The summed E-state index contributed by atoms with van der Waals surface area (Å²) in [6.07, 6.45) is 0. The van der Waals surface area contributed by atoms with Gasteiger partial charge in [-0.3, -0.25) is 0 Å². The number of hydrogen-bond donors (Lipinski definition) is 0. The zero-order valence-corrected chi connectivity index (χ0v) is 7.80. The Morgan fingerprint density at radius 2 is 1.38 bits per heavy atom. The number of rotatable bonds is 0. The number of hydrogen-bond acceptors (Lipinski definition) is 0. The summed E-state index contributed by atoms with van der Waals surface area (Å²) < 4.78 is 0. The van der Waals surface area contributed by atoms with Crippen LogP contribution >= 0.6 is 0 Å². The van der Waals surface area contributed by atoms with Gasteiger partial charge in [-0.25, -0.2) is 0 Å². The third kappa shape index (κ3) is 4.48. The zero-order valence-electron chi connectivity index (χ0n) is 4.96. The van der Waals surface area contributed by atoms with Crippen LogP contribution in [-0.4, -0.2) is 0 Å². The average molecular weight is 181 g/mol. The third-order valence-electron chi connectivity index (χ3n) is 0.607. The van der Waals surface area contributed by atoms with Gasteiger partial charge in [0.2, 0.25) is 0 Å². The van der Waals surface area contributed by atoms with Crippen molar-refractivity contribution in [3.05, 3.63) is 43.8 Å². The minimum atomic E-state index is 0. The summed E-state index contributed by atoms with van der Waals surface area (Å²) >= 11 is 0. The summed E-state index contributed by atoms with van der Waals surface area (Å²) in [4.78, 5) is 0. The van der Waals surface area contributed by atoms with Crippen LogP contribution in [0, 0.1) is 13.5 Å². The van der Waals surface area contributed by atoms with Gasteiger partial charge in [0.1, 0.15) is 0 Å². The first kappa shape index (κ1) is 11.2. The molecule has 0 fully saturated rings. The Balaban J connectivity index is 0. The van der Waals surface area contributed by atoms with E-state index in [1.807, 2.05) is 30.3 Å². The fourth-order valence-corrected chi connectivity index (χ4v) is 0.342. The predicted octanol–water partition coefficient (Wildman–Crippen LogP) is 1.93. The Morgan fingerprint density at radius 3 is 1.50 bits per heavy atom. The molecule has 0 bridgehead atoms. The fourth-order valence-electron chi connectivity index (χ4n) is 0.342. The van der Waals surface area contributed by atoms with Crippen LogP contribution in [0.5, 0.6) is 0 Å². The van der Waals surface area contributed by atoms with E-state index in [2.05, 4.69) is 6.07 Å². The summed E-state index contributed by atoms with van der Waals surface area (Å²) in [7, 11) is 0. The Bertz CT molecular complexity index is 76.3. The molecule has 8 heavy (non-hydrogen) atoms. The largest absolute Gasteiger partial charge is 3.00 e. The molecule has 0 heterocycles. The van der Waals surface area contributed by atoms with Gasteiger partial charge in [0, 0.05) is 0 Å². The quantitative estimate of drug-likeness (QED) is 0.536. The van der Waals surface area contributed by atoms with E-state index < -0.39 is 0 Å². The van der Waals surface area contributed by atoms with E-state index >= 15 is 0 Å². The molecule has 38 valence electrons. The number of benzene rings is 1. The second-order valence-electron chi connectivity index (χ2n) is 1.08. The molecular formula is C7H8Y+. The molecule has 0 aliphatic carbocycles. The Kier molecular flexibility index (Phi) is 10.2. The molecule has 0 N–H and O–H groups in total. The smallest absolute Gasteiger partial charge is 0.358 e. The van der Waals surface area contributed by atoms with Gasteiger partial charge in [-0.05, 0) is 0 Å². The molecular weight excluding hydrogens is 173 g/mol. The maximum Gasteiger partial charge on any atom is 3.00 e. The Morgan fingerprint density at radius 1 is 0.875 bits per heavy atom. The van der Waals surface area contributed by atoms with Crippen LogP contribution in [0.15, 0.2) is 30.3 Å². The average Bonchev–Trinajstić information content (AvgIpc) is 1.72. The normalized spacial score (nSPS) is 6.00. The molecule has 0 nitrogen and oxygen atoms in total. The fraction of sp³-hybridized carbons (Fsp3) is 0. The van der Waals surface area contributed by atoms with E-state index in [1.165, 1.54) is 0 Å². The summed E-state index contributed by atoms with van der Waals surface area (Å²) in [5.74, 6) is 0. The molecule has 0 aromatic heterocycles. The van der Waals surface area contributed by atoms with Crippen molar-refractivity contribution in [2.45, 2.75) is 0 Å². The minimum Gasteiger partial charge on any atom is -0.358 e. The zero-order chi connectivity index (χ0) is 4.24. The van der Waals surface area contributed by atoms with E-state index in [0.717, 1.165) is 0 Å². The van der Waals surface area contributed by atoms with Crippen LogP contribution in [0.2, 0.25) is 0 Å². The van der Waals surface area contributed by atoms with Crippen LogP contribution in [-0.2, 0) is 32.7 Å². The maximum absolute atomic E-state index is 2.89. The van der Waals surface area contributed by atoms with Crippen molar-refractivity contribution in [2.75, 3.05) is 0 Å². The second-order valence-corrected chi connectivity index (χ2v) is 1.08. The van der Waals surface area contributed by atoms with Crippen LogP contribution in [0.25, 0.3) is 0 Å². The van der Waals surface area contributed by atoms with Crippen molar-refractivity contribution in [1.29, 1.82) is 0 Å². The molecule has 0 atom stereocenters. The van der Waals surface area contributed by atoms with Crippen molar-refractivity contribution in [3.63, 3.8) is 0 Å². The van der Waals surface area contributed by atoms with Crippen molar-refractivity contribution in [1.82, 2.24) is 0 Å². The van der Waals surface area contributed by atoms with Gasteiger partial charge in [-0.15, -0.1) is 0 Å². The first-order valence-electron chi connectivity index (χ1n) is 1.91. The summed E-state index contributed by atoms with van der Waals surface area (Å²) in [6, 6.07) is 12.5. The predicted molar refractivity (Wildman–Crippen MR) is 31.7 cm³/mol. The summed E-state index contributed by atoms with van der Waals surface area (Å²) in [5.41, 5.74) is 0. The van der Waals surface area contributed by atoms with E-state index in [4.69, 9.17) is 0 Å². The molecule has 0 aliphatic rings. The van der Waals surface area contributed by atoms with Gasteiger partial charge in [0.15, 0.2) is 0 Å². The van der Waals surface area contributed by atoms with Gasteiger partial charge >= 0.3 is 32.7 Å². The van der Waals surface area contributed by atoms with E-state index in [-0.39, 0.29) is 40.1 Å². The molecule has 0 radical (unpaired) electrons. The van der Waals surface area contributed by atoms with Crippen molar-refractivity contribution in [2.24, 2.45) is 0 Å². The topological polar surface area (TPSA) is 0 Å². The molecule has 0 saturated carbocycles. The standard InChI is InChI=1S/C6H5.CH3.Y/c1-2-4-6-5-3-1;;/h1-5H;1H3;/q2*-1;+3. The third-order valence-corrected chi connectivity index (χ3v) is 0.607. The molecule has 0 saturated heterocycles. The molecule has 0 spiro atoms. The SMILES string of the molecule is [CH3-].[Y+3].[c-]1ccccc1. The van der Waals surface area contributed by atoms with Crippen LogP contribution < -0.4 is 0 Å². The van der Waals surface area contributed by atoms with Gasteiger partial charge in [0.05, 0.1) is 0 Å². The van der Waals surface area contributed by atoms with Crippen LogP contribution in [0.3, 0.4) is 0 Å². The molecule has 0 amide bonds. The van der Waals surface area contributed by atoms with Crippen LogP contribution in [0.1, 0.15) is 0 Å². The molecule has 1 heteroatoms. The van der Waals surface area contributed by atoms with Crippen molar-refractivity contribution >= 4 is 0 Å². The van der Waals surface area contributed by atoms with Crippen molar-refractivity contribution in [3.8, 4) is 0 Å². The Hall–Kier alpha value is 0.324. The molecule has 1 aromatic rings.